The molecule has 0 spiro atoms. The van der Waals surface area contributed by atoms with Crippen molar-refractivity contribution >= 4 is 12.3 Å². The van der Waals surface area contributed by atoms with Crippen LogP contribution in [0.5, 0.6) is 0 Å². The Labute approximate surface area is 46.1 Å². The van der Waals surface area contributed by atoms with E-state index in [1.54, 1.807) is 0 Å². The summed E-state index contributed by atoms with van der Waals surface area (Å²) >= 11 is 0. The number of carbonyl (C=O) groups is 2. The highest BCUT2D eigenvalue weighted by atomic mass is 16.6. The molecule has 0 saturated carbocycles. The van der Waals surface area contributed by atoms with Crippen molar-refractivity contribution < 1.29 is 19.4 Å². The molecule has 0 amide bonds. The first-order valence-corrected chi connectivity index (χ1v) is 2.00. The van der Waals surface area contributed by atoms with Crippen LogP contribution in [0.3, 0.4) is 0 Å². The summed E-state index contributed by atoms with van der Waals surface area (Å²) in [7, 11) is 0. The number of aldehydes is 1. The van der Waals surface area contributed by atoms with Gasteiger partial charge in [0.05, 0.1) is 0 Å². The van der Waals surface area contributed by atoms with E-state index in [0.29, 0.717) is 0 Å². The second-order valence-electron chi connectivity index (χ2n) is 1.15. The van der Waals surface area contributed by atoms with E-state index in [-0.39, 0.29) is 6.29 Å². The zero-order chi connectivity index (χ0) is 6.57. The van der Waals surface area contributed by atoms with E-state index < -0.39 is 12.3 Å². The predicted octanol–water partition coefficient (Wildman–Crippen LogP) is -0.933. The SMILES string of the molecule is CC(O)OC(=O)C=O. The summed E-state index contributed by atoms with van der Waals surface area (Å²) in [5.41, 5.74) is 0. The highest BCUT2D eigenvalue weighted by Gasteiger charge is 2.01. The lowest BCUT2D eigenvalue weighted by Crippen LogP contribution is -2.14. The molecule has 46 valence electrons. The van der Waals surface area contributed by atoms with E-state index >= 15 is 0 Å². The molecule has 0 radical (unpaired) electrons. The summed E-state index contributed by atoms with van der Waals surface area (Å²) in [6, 6.07) is 0. The Morgan fingerprint density at radius 2 is 2.38 bits per heavy atom. The van der Waals surface area contributed by atoms with Crippen LogP contribution in [0.1, 0.15) is 6.92 Å². The number of hydrogen-bond acceptors (Lipinski definition) is 4. The van der Waals surface area contributed by atoms with Gasteiger partial charge in [-0.1, -0.05) is 0 Å². The van der Waals surface area contributed by atoms with Gasteiger partial charge in [-0.15, -0.1) is 0 Å². The third kappa shape index (κ3) is 3.30. The quantitative estimate of drug-likeness (QED) is 0.220. The van der Waals surface area contributed by atoms with Gasteiger partial charge >= 0.3 is 5.97 Å². The van der Waals surface area contributed by atoms with Gasteiger partial charge in [0, 0.05) is 0 Å². The van der Waals surface area contributed by atoms with Gasteiger partial charge in [0.25, 0.3) is 0 Å². The third-order valence-corrected chi connectivity index (χ3v) is 0.383. The van der Waals surface area contributed by atoms with Gasteiger partial charge in [0.1, 0.15) is 0 Å². The summed E-state index contributed by atoms with van der Waals surface area (Å²) in [5, 5.41) is 8.25. The van der Waals surface area contributed by atoms with E-state index in [0.717, 1.165) is 0 Å². The number of carbonyl (C=O) groups excluding carboxylic acids is 2. The number of aliphatic hydroxyl groups is 1. The van der Waals surface area contributed by atoms with Crippen LogP contribution in [-0.2, 0) is 14.3 Å². The maximum atomic E-state index is 9.87. The van der Waals surface area contributed by atoms with Crippen LogP contribution < -0.4 is 0 Å². The third-order valence-electron chi connectivity index (χ3n) is 0.383. The van der Waals surface area contributed by atoms with Crippen molar-refractivity contribution in [3.05, 3.63) is 0 Å². The molecule has 0 aromatic rings. The van der Waals surface area contributed by atoms with Crippen molar-refractivity contribution in [2.24, 2.45) is 0 Å². The number of esters is 1. The lowest BCUT2D eigenvalue weighted by Gasteiger charge is -1.99. The Hall–Kier alpha value is -0.900. The molecule has 4 nitrogen and oxygen atoms in total. The van der Waals surface area contributed by atoms with Gasteiger partial charge in [-0.2, -0.15) is 0 Å². The van der Waals surface area contributed by atoms with E-state index in [1.807, 2.05) is 0 Å². The molecule has 1 atom stereocenters. The Bertz CT molecular complexity index is 96.2. The summed E-state index contributed by atoms with van der Waals surface area (Å²) < 4.78 is 3.95. The fourth-order valence-electron chi connectivity index (χ4n) is 0.196. The van der Waals surface area contributed by atoms with Crippen LogP contribution in [-0.4, -0.2) is 23.7 Å². The minimum Gasteiger partial charge on any atom is -0.431 e. The smallest absolute Gasteiger partial charge is 0.373 e. The first kappa shape index (κ1) is 7.10. The van der Waals surface area contributed by atoms with Crippen LogP contribution in [0, 0.1) is 0 Å². The lowest BCUT2D eigenvalue weighted by molar-refractivity contribution is -0.166. The molecule has 0 bridgehead atoms. The van der Waals surface area contributed by atoms with Gasteiger partial charge in [0.2, 0.25) is 6.29 Å². The molecule has 0 aliphatic carbocycles. The first-order chi connectivity index (χ1) is 3.66. The highest BCUT2D eigenvalue weighted by molar-refractivity contribution is 6.20. The summed E-state index contributed by atoms with van der Waals surface area (Å²) in [6.45, 7) is 1.24. The number of ether oxygens (including phenoxy) is 1. The summed E-state index contributed by atoms with van der Waals surface area (Å²) in [4.78, 5) is 19.3. The number of aliphatic hydroxyl groups excluding tert-OH is 1. The summed E-state index contributed by atoms with van der Waals surface area (Å²) in [6.07, 6.45) is -1.21. The molecule has 0 rings (SSSR count). The molecule has 0 aliphatic heterocycles. The van der Waals surface area contributed by atoms with Gasteiger partial charge in [-0.25, -0.2) is 4.79 Å². The number of rotatable bonds is 2. The van der Waals surface area contributed by atoms with E-state index in [9.17, 15) is 9.59 Å². The van der Waals surface area contributed by atoms with Gasteiger partial charge < -0.3 is 9.84 Å². The Morgan fingerprint density at radius 1 is 1.88 bits per heavy atom. The van der Waals surface area contributed by atoms with E-state index in [1.165, 1.54) is 6.92 Å². The number of hydrogen-bond donors (Lipinski definition) is 1. The van der Waals surface area contributed by atoms with Crippen molar-refractivity contribution in [1.29, 1.82) is 0 Å². The van der Waals surface area contributed by atoms with Crippen LogP contribution in [0.15, 0.2) is 0 Å². The Morgan fingerprint density at radius 3 is 2.50 bits per heavy atom. The maximum Gasteiger partial charge on any atom is 0.373 e. The molecule has 0 heterocycles. The highest BCUT2D eigenvalue weighted by Crippen LogP contribution is 1.80. The van der Waals surface area contributed by atoms with Crippen LogP contribution in [0.25, 0.3) is 0 Å². The van der Waals surface area contributed by atoms with Crippen LogP contribution in [0.2, 0.25) is 0 Å². The standard InChI is InChI=1S/C4H6O4/c1-3(6)8-4(7)2-5/h2-3,6H,1H3. The molecule has 8 heavy (non-hydrogen) atoms. The predicted molar refractivity (Wildman–Crippen MR) is 23.8 cm³/mol. The Kier molecular flexibility index (Phi) is 2.79. The molecular weight excluding hydrogens is 112 g/mol. The van der Waals surface area contributed by atoms with Crippen LogP contribution >= 0.6 is 0 Å². The maximum absolute atomic E-state index is 9.87. The van der Waals surface area contributed by atoms with Crippen molar-refractivity contribution in [3.63, 3.8) is 0 Å². The fourth-order valence-corrected chi connectivity index (χ4v) is 0.196. The Balaban J connectivity index is 3.39. The average molecular weight is 118 g/mol. The molecule has 1 N–H and O–H groups in total. The summed E-state index contributed by atoms with van der Waals surface area (Å²) in [5.74, 6) is -1.06. The van der Waals surface area contributed by atoms with E-state index in [4.69, 9.17) is 5.11 Å². The monoisotopic (exact) mass is 118 g/mol. The molecule has 0 aliphatic rings. The topological polar surface area (TPSA) is 63.6 Å². The lowest BCUT2D eigenvalue weighted by atomic mass is 10.7. The molecular formula is C4H6O4. The molecule has 0 aromatic carbocycles. The molecule has 0 fully saturated rings. The second kappa shape index (κ2) is 3.15. The molecule has 4 heteroatoms. The normalized spacial score (nSPS) is 12.2. The van der Waals surface area contributed by atoms with Crippen molar-refractivity contribution in [2.45, 2.75) is 13.2 Å². The van der Waals surface area contributed by atoms with Gasteiger partial charge in [-0.05, 0) is 6.92 Å². The average Bonchev–Trinajstić information content (AvgIpc) is 1.65. The van der Waals surface area contributed by atoms with Crippen LogP contribution in [0.4, 0.5) is 0 Å². The minimum absolute atomic E-state index is 0.00722. The van der Waals surface area contributed by atoms with Gasteiger partial charge in [0.15, 0.2) is 6.29 Å². The minimum atomic E-state index is -1.20. The zero-order valence-electron chi connectivity index (χ0n) is 4.33. The van der Waals surface area contributed by atoms with Crippen molar-refractivity contribution in [2.75, 3.05) is 0 Å². The molecule has 1 unspecified atom stereocenters. The second-order valence-corrected chi connectivity index (χ2v) is 1.15. The molecule has 0 saturated heterocycles. The fraction of sp³-hybridized carbons (Fsp3) is 0.500. The van der Waals surface area contributed by atoms with E-state index in [2.05, 4.69) is 4.74 Å². The first-order valence-electron chi connectivity index (χ1n) is 2.00. The largest absolute Gasteiger partial charge is 0.431 e. The molecule has 0 aromatic heterocycles. The van der Waals surface area contributed by atoms with Crippen molar-refractivity contribution in [1.82, 2.24) is 0 Å². The zero-order valence-corrected chi connectivity index (χ0v) is 4.33. The van der Waals surface area contributed by atoms with Crippen molar-refractivity contribution in [3.8, 4) is 0 Å². The van der Waals surface area contributed by atoms with Gasteiger partial charge in [-0.3, -0.25) is 4.79 Å².